The highest BCUT2D eigenvalue weighted by molar-refractivity contribution is 6.06. The van der Waals surface area contributed by atoms with E-state index in [1.807, 2.05) is 86.6 Å². The summed E-state index contributed by atoms with van der Waals surface area (Å²) in [6, 6.07) is 26.6. The maximum Gasteiger partial charge on any atom is 0.255 e. The van der Waals surface area contributed by atoms with E-state index in [0.29, 0.717) is 46.8 Å². The Bertz CT molecular complexity index is 1750. The molecule has 1 unspecified atom stereocenters. The average Bonchev–Trinajstić information content (AvgIpc) is 3.44. The molecule has 1 atom stereocenters. The van der Waals surface area contributed by atoms with Crippen molar-refractivity contribution < 1.29 is 14.3 Å². The summed E-state index contributed by atoms with van der Waals surface area (Å²) in [4.78, 5) is 22.7. The predicted molar refractivity (Wildman–Crippen MR) is 161 cm³/mol. The van der Waals surface area contributed by atoms with Gasteiger partial charge in [0.1, 0.15) is 12.6 Å². The van der Waals surface area contributed by atoms with E-state index in [1.165, 1.54) is 0 Å². The van der Waals surface area contributed by atoms with Gasteiger partial charge in [0.2, 0.25) is 5.95 Å². The van der Waals surface area contributed by atoms with Crippen LogP contribution in [0.1, 0.15) is 29.7 Å². The van der Waals surface area contributed by atoms with Crippen molar-refractivity contribution >= 4 is 17.5 Å². The minimum atomic E-state index is -0.596. The van der Waals surface area contributed by atoms with Crippen LogP contribution in [0.2, 0.25) is 0 Å². The fourth-order valence-electron chi connectivity index (χ4n) is 4.92. The Morgan fingerprint density at radius 1 is 0.976 bits per heavy atom. The molecule has 1 aliphatic rings. The second-order valence-electron chi connectivity index (χ2n) is 10.0. The summed E-state index contributed by atoms with van der Waals surface area (Å²) >= 11 is 0. The number of allylic oxidation sites excluding steroid dienone is 1. The number of carbonyl (C=O) groups is 1. The first-order chi connectivity index (χ1) is 20.5. The average molecular weight is 559 g/mol. The number of aromatic nitrogens is 4. The molecule has 9 nitrogen and oxygen atoms in total. The number of ether oxygens (including phenoxy) is 2. The third kappa shape index (κ3) is 5.44. The minimum Gasteiger partial charge on any atom is -0.493 e. The quantitative estimate of drug-likeness (QED) is 0.235. The van der Waals surface area contributed by atoms with Gasteiger partial charge in [-0.3, -0.25) is 9.78 Å². The van der Waals surface area contributed by atoms with Crippen molar-refractivity contribution in [2.45, 2.75) is 26.5 Å². The molecule has 42 heavy (non-hydrogen) atoms. The molecule has 2 N–H and O–H groups in total. The van der Waals surface area contributed by atoms with Crippen molar-refractivity contribution in [1.29, 1.82) is 0 Å². The zero-order valence-electron chi connectivity index (χ0n) is 23.5. The SMILES string of the molecule is COc1cc(C2C(C(=O)Nc3cccnc3)=C(C)Nc3nc(-c4ccc(C)cc4)nn32)ccc1OCc1ccccc1. The zero-order chi connectivity index (χ0) is 29.1. The smallest absolute Gasteiger partial charge is 0.255 e. The minimum absolute atomic E-state index is 0.278. The Morgan fingerprint density at radius 2 is 1.79 bits per heavy atom. The normalized spacial score (nSPS) is 14.1. The Kier molecular flexibility index (Phi) is 7.38. The number of pyridine rings is 1. The molecular formula is C33H30N6O3. The number of hydrogen-bond donors (Lipinski definition) is 2. The molecule has 0 fully saturated rings. The molecule has 1 amide bonds. The van der Waals surface area contributed by atoms with Crippen LogP contribution in [0.15, 0.2) is 109 Å². The number of aryl methyl sites for hydroxylation is 1. The molecule has 2 aromatic heterocycles. The van der Waals surface area contributed by atoms with Crippen LogP contribution in [0.5, 0.6) is 11.5 Å². The molecule has 210 valence electrons. The number of methoxy groups -OCH3 is 1. The summed E-state index contributed by atoms with van der Waals surface area (Å²) in [5.74, 6) is 1.96. The maximum absolute atomic E-state index is 13.8. The van der Waals surface area contributed by atoms with Crippen molar-refractivity contribution in [1.82, 2.24) is 19.7 Å². The van der Waals surface area contributed by atoms with Gasteiger partial charge in [0, 0.05) is 17.5 Å². The number of nitrogens with one attached hydrogen (secondary N) is 2. The van der Waals surface area contributed by atoms with Crippen LogP contribution in [0.25, 0.3) is 11.4 Å². The molecule has 0 aliphatic carbocycles. The van der Waals surface area contributed by atoms with Gasteiger partial charge in [-0.2, -0.15) is 4.98 Å². The molecule has 0 spiro atoms. The van der Waals surface area contributed by atoms with E-state index in [1.54, 1.807) is 36.3 Å². The third-order valence-corrected chi connectivity index (χ3v) is 7.07. The monoisotopic (exact) mass is 558 g/mol. The van der Waals surface area contributed by atoms with Crippen molar-refractivity contribution in [3.63, 3.8) is 0 Å². The standard InChI is InChI=1S/C33H30N6O3/c1-21-11-13-24(14-12-21)31-37-33-35-22(2)29(32(40)36-26-10-7-17-34-19-26)30(39(33)38-31)25-15-16-27(28(18-25)41-3)42-20-23-8-5-4-6-9-23/h4-19,30H,20H2,1-3H3,(H,36,40)(H,35,37,38). The zero-order valence-corrected chi connectivity index (χ0v) is 23.5. The van der Waals surface area contributed by atoms with Crippen molar-refractivity contribution in [2.24, 2.45) is 0 Å². The Balaban J connectivity index is 1.40. The van der Waals surface area contributed by atoms with Crippen LogP contribution in [-0.4, -0.2) is 32.8 Å². The van der Waals surface area contributed by atoms with E-state index in [-0.39, 0.29) is 5.91 Å². The molecule has 1 aliphatic heterocycles. The lowest BCUT2D eigenvalue weighted by atomic mass is 9.94. The van der Waals surface area contributed by atoms with E-state index in [0.717, 1.165) is 22.3 Å². The number of carbonyl (C=O) groups excluding carboxylic acids is 1. The van der Waals surface area contributed by atoms with Gasteiger partial charge < -0.3 is 20.1 Å². The van der Waals surface area contributed by atoms with E-state index in [4.69, 9.17) is 19.6 Å². The molecule has 3 heterocycles. The van der Waals surface area contributed by atoms with E-state index < -0.39 is 6.04 Å². The summed E-state index contributed by atoms with van der Waals surface area (Å²) < 4.78 is 13.6. The highest BCUT2D eigenvalue weighted by atomic mass is 16.5. The molecular weight excluding hydrogens is 528 g/mol. The molecule has 0 bridgehead atoms. The number of fused-ring (bicyclic) bond motifs is 1. The molecule has 0 saturated heterocycles. The molecule has 6 rings (SSSR count). The maximum atomic E-state index is 13.8. The van der Waals surface area contributed by atoms with Crippen molar-refractivity contribution in [3.05, 3.63) is 125 Å². The lowest BCUT2D eigenvalue weighted by molar-refractivity contribution is -0.113. The lowest BCUT2D eigenvalue weighted by Gasteiger charge is -2.29. The van der Waals surface area contributed by atoms with Gasteiger partial charge in [0.15, 0.2) is 17.3 Å². The largest absolute Gasteiger partial charge is 0.493 e. The van der Waals surface area contributed by atoms with Crippen molar-refractivity contribution in [2.75, 3.05) is 17.7 Å². The fraction of sp³-hybridized carbons (Fsp3) is 0.152. The van der Waals surface area contributed by atoms with Crippen LogP contribution in [-0.2, 0) is 11.4 Å². The fourth-order valence-corrected chi connectivity index (χ4v) is 4.92. The Morgan fingerprint density at radius 3 is 2.52 bits per heavy atom. The molecule has 0 radical (unpaired) electrons. The first kappa shape index (κ1) is 26.8. The molecule has 0 saturated carbocycles. The molecule has 3 aromatic carbocycles. The van der Waals surface area contributed by atoms with Gasteiger partial charge >= 0.3 is 0 Å². The Hall–Kier alpha value is -5.44. The lowest BCUT2D eigenvalue weighted by Crippen LogP contribution is -2.31. The predicted octanol–water partition coefficient (Wildman–Crippen LogP) is 6.16. The first-order valence-electron chi connectivity index (χ1n) is 13.6. The summed E-state index contributed by atoms with van der Waals surface area (Å²) in [6.45, 7) is 4.30. The van der Waals surface area contributed by atoms with E-state index in [2.05, 4.69) is 15.6 Å². The van der Waals surface area contributed by atoms with E-state index in [9.17, 15) is 4.79 Å². The van der Waals surface area contributed by atoms with Gasteiger partial charge in [-0.05, 0) is 49.2 Å². The summed E-state index contributed by atoms with van der Waals surface area (Å²) in [5, 5.41) is 11.2. The first-order valence-corrected chi connectivity index (χ1v) is 13.6. The number of rotatable bonds is 8. The summed E-state index contributed by atoms with van der Waals surface area (Å²) in [5.41, 5.74) is 5.61. The highest BCUT2D eigenvalue weighted by Crippen LogP contribution is 2.40. The molecule has 9 heteroatoms. The van der Waals surface area contributed by atoms with Crippen LogP contribution >= 0.6 is 0 Å². The van der Waals surface area contributed by atoms with E-state index >= 15 is 0 Å². The van der Waals surface area contributed by atoms with Crippen LogP contribution in [0, 0.1) is 6.92 Å². The van der Waals surface area contributed by atoms with Gasteiger partial charge in [0.25, 0.3) is 5.91 Å². The van der Waals surface area contributed by atoms with Crippen LogP contribution in [0.3, 0.4) is 0 Å². The number of hydrogen-bond acceptors (Lipinski definition) is 7. The molecule has 5 aromatic rings. The van der Waals surface area contributed by atoms with Gasteiger partial charge in [-0.25, -0.2) is 4.68 Å². The highest BCUT2D eigenvalue weighted by Gasteiger charge is 2.35. The third-order valence-electron chi connectivity index (χ3n) is 7.07. The van der Waals surface area contributed by atoms with Crippen LogP contribution in [0.4, 0.5) is 11.6 Å². The number of benzene rings is 3. The summed E-state index contributed by atoms with van der Waals surface area (Å²) in [6.07, 6.45) is 3.27. The number of amides is 1. The van der Waals surface area contributed by atoms with Crippen LogP contribution < -0.4 is 20.1 Å². The van der Waals surface area contributed by atoms with Crippen molar-refractivity contribution in [3.8, 4) is 22.9 Å². The van der Waals surface area contributed by atoms with Gasteiger partial charge in [0.05, 0.1) is 24.6 Å². The number of anilines is 2. The van der Waals surface area contributed by atoms with Gasteiger partial charge in [-0.15, -0.1) is 5.10 Å². The topological polar surface area (TPSA) is 103 Å². The second-order valence-corrected chi connectivity index (χ2v) is 10.0. The Labute approximate surface area is 243 Å². The van der Waals surface area contributed by atoms with Gasteiger partial charge in [-0.1, -0.05) is 66.2 Å². The number of nitrogens with zero attached hydrogens (tertiary/aromatic N) is 4. The summed E-state index contributed by atoms with van der Waals surface area (Å²) in [7, 11) is 1.60. The second kappa shape index (κ2) is 11.6.